The first-order valence-corrected chi connectivity index (χ1v) is 17.7. The van der Waals surface area contributed by atoms with Crippen molar-refractivity contribution in [3.8, 4) is 40.0 Å². The van der Waals surface area contributed by atoms with E-state index in [4.69, 9.17) is 43.1 Å². The monoisotopic (exact) mass is 771 g/mol. The molecule has 1 aliphatic heterocycles. The Morgan fingerprint density at radius 1 is 0.667 bits per heavy atom. The van der Waals surface area contributed by atoms with Crippen molar-refractivity contribution < 1.29 is 47.5 Å². The van der Waals surface area contributed by atoms with Crippen molar-refractivity contribution in [2.24, 2.45) is 0 Å². The summed E-state index contributed by atoms with van der Waals surface area (Å²) < 4.78 is 42.0. The van der Waals surface area contributed by atoms with E-state index in [-0.39, 0.29) is 29.3 Å². The van der Waals surface area contributed by atoms with E-state index in [0.29, 0.717) is 39.7 Å². The third-order valence-electron chi connectivity index (χ3n) is 9.08. The SMILES string of the molecule is COc1ccc(-c2nc(C)c(-c3cn([C@@H]4O[C@H](COC(=O)c5ccccc5)[C@@H](OC(=O)c5ccccc5)[C@H]4OC(=O)c4ccccc4)nn3)nc2OC)cc1OC. The largest absolute Gasteiger partial charge is 0.493 e. The van der Waals surface area contributed by atoms with Gasteiger partial charge < -0.3 is 33.2 Å². The molecular weight excluding hydrogens is 734 g/mol. The van der Waals surface area contributed by atoms with E-state index in [1.165, 1.54) is 18.0 Å². The normalized spacial score (nSPS) is 17.3. The van der Waals surface area contributed by atoms with Crippen LogP contribution < -0.4 is 14.2 Å². The highest BCUT2D eigenvalue weighted by atomic mass is 16.7. The van der Waals surface area contributed by atoms with E-state index in [9.17, 15) is 14.4 Å². The first-order chi connectivity index (χ1) is 27.8. The molecule has 0 N–H and O–H groups in total. The van der Waals surface area contributed by atoms with Crippen LogP contribution >= 0.6 is 0 Å². The number of carbonyl (C=O) groups is 3. The maximum absolute atomic E-state index is 13.6. The van der Waals surface area contributed by atoms with Crippen molar-refractivity contribution in [3.05, 3.63) is 138 Å². The Kier molecular flexibility index (Phi) is 11.5. The Morgan fingerprint density at radius 3 is 1.82 bits per heavy atom. The minimum atomic E-state index is -1.30. The summed E-state index contributed by atoms with van der Waals surface area (Å²) >= 11 is 0. The number of ether oxygens (including phenoxy) is 7. The third kappa shape index (κ3) is 8.28. The Hall–Kier alpha value is -7.13. The van der Waals surface area contributed by atoms with Crippen LogP contribution in [0.5, 0.6) is 17.4 Å². The van der Waals surface area contributed by atoms with Gasteiger partial charge in [-0.1, -0.05) is 59.8 Å². The predicted molar refractivity (Wildman–Crippen MR) is 203 cm³/mol. The second-order valence-corrected chi connectivity index (χ2v) is 12.7. The van der Waals surface area contributed by atoms with Gasteiger partial charge in [0.15, 0.2) is 29.9 Å². The Bertz CT molecular complexity index is 2360. The molecule has 15 nitrogen and oxygen atoms in total. The van der Waals surface area contributed by atoms with E-state index < -0.39 is 42.4 Å². The van der Waals surface area contributed by atoms with Gasteiger partial charge in [0.05, 0.1) is 49.9 Å². The predicted octanol–water partition coefficient (Wildman–Crippen LogP) is 5.94. The lowest BCUT2D eigenvalue weighted by atomic mass is 10.1. The van der Waals surface area contributed by atoms with Gasteiger partial charge in [-0.15, -0.1) is 5.10 Å². The smallest absolute Gasteiger partial charge is 0.338 e. The zero-order chi connectivity index (χ0) is 39.9. The van der Waals surface area contributed by atoms with Gasteiger partial charge in [0, 0.05) is 5.56 Å². The van der Waals surface area contributed by atoms with Gasteiger partial charge >= 0.3 is 17.9 Å². The number of hydrogen-bond acceptors (Lipinski definition) is 14. The molecule has 0 aliphatic carbocycles. The molecule has 1 fully saturated rings. The molecule has 4 aromatic carbocycles. The number of aromatic nitrogens is 5. The van der Waals surface area contributed by atoms with Crippen LogP contribution in [0.3, 0.4) is 0 Å². The fourth-order valence-corrected chi connectivity index (χ4v) is 6.24. The van der Waals surface area contributed by atoms with Crippen molar-refractivity contribution >= 4 is 17.9 Å². The summed E-state index contributed by atoms with van der Waals surface area (Å²) in [5.41, 5.74) is 3.05. The van der Waals surface area contributed by atoms with Gasteiger partial charge in [0.1, 0.15) is 29.8 Å². The Balaban J connectivity index is 1.24. The molecule has 57 heavy (non-hydrogen) atoms. The van der Waals surface area contributed by atoms with Crippen LogP contribution in [0, 0.1) is 6.92 Å². The van der Waals surface area contributed by atoms with Crippen LogP contribution in [0.25, 0.3) is 22.6 Å². The van der Waals surface area contributed by atoms with Crippen LogP contribution in [-0.4, -0.2) is 89.1 Å². The Morgan fingerprint density at radius 2 is 1.25 bits per heavy atom. The van der Waals surface area contributed by atoms with Crippen LogP contribution in [0.15, 0.2) is 115 Å². The third-order valence-corrected chi connectivity index (χ3v) is 9.08. The quantitative estimate of drug-likeness (QED) is 0.0997. The zero-order valence-electron chi connectivity index (χ0n) is 31.3. The summed E-state index contributed by atoms with van der Waals surface area (Å²) in [7, 11) is 4.57. The van der Waals surface area contributed by atoms with Gasteiger partial charge in [-0.05, 0) is 61.5 Å². The standard InChI is InChI=1S/C42H37N5O10/c1-25-34(44-38(53-4)35(43-25)29-20-21-31(51-2)32(22-29)52-3)30-23-47(46-45-30)39-37(57-42(50)28-18-12-7-13-19-28)36(56-41(49)27-16-10-6-11-17-27)33(55-39)24-54-40(48)26-14-8-5-9-15-26/h5-23,33,36-37,39H,24H2,1-4H3/t33-,36-,37-,39-/m1/s1. The molecule has 4 atom stereocenters. The number of aryl methyl sites for hydroxylation is 1. The minimum Gasteiger partial charge on any atom is -0.493 e. The van der Waals surface area contributed by atoms with E-state index >= 15 is 0 Å². The van der Waals surface area contributed by atoms with E-state index in [1.807, 2.05) is 6.07 Å². The fourth-order valence-electron chi connectivity index (χ4n) is 6.24. The second kappa shape index (κ2) is 17.1. The summed E-state index contributed by atoms with van der Waals surface area (Å²) in [4.78, 5) is 49.7. The highest BCUT2D eigenvalue weighted by molar-refractivity contribution is 5.91. The molecule has 7 rings (SSSR count). The molecule has 1 aliphatic rings. The number of nitrogens with zero attached hydrogens (tertiary/aromatic N) is 5. The second-order valence-electron chi connectivity index (χ2n) is 12.7. The summed E-state index contributed by atoms with van der Waals surface area (Å²) in [5.74, 6) is -0.794. The Labute approximate surface area is 327 Å². The molecule has 0 spiro atoms. The minimum absolute atomic E-state index is 0.206. The molecule has 0 saturated carbocycles. The van der Waals surface area contributed by atoms with Crippen molar-refractivity contribution in [1.29, 1.82) is 0 Å². The summed E-state index contributed by atoms with van der Waals surface area (Å²) in [5, 5.41) is 8.70. The van der Waals surface area contributed by atoms with Crippen molar-refractivity contribution in [2.75, 3.05) is 27.9 Å². The molecule has 15 heteroatoms. The molecule has 6 aromatic rings. The first kappa shape index (κ1) is 38.2. The molecule has 0 amide bonds. The van der Waals surface area contributed by atoms with Crippen LogP contribution in [0.2, 0.25) is 0 Å². The average Bonchev–Trinajstić information content (AvgIpc) is 3.88. The van der Waals surface area contributed by atoms with Gasteiger partial charge in [-0.3, -0.25) is 0 Å². The van der Waals surface area contributed by atoms with E-state index in [2.05, 4.69) is 10.3 Å². The highest BCUT2D eigenvalue weighted by Gasteiger charge is 2.52. The number of hydrogen-bond donors (Lipinski definition) is 0. The van der Waals surface area contributed by atoms with Crippen LogP contribution in [0.1, 0.15) is 43.0 Å². The number of rotatable bonds is 13. The first-order valence-electron chi connectivity index (χ1n) is 17.7. The fraction of sp³-hybridized carbons (Fsp3) is 0.214. The van der Waals surface area contributed by atoms with E-state index in [1.54, 1.807) is 124 Å². The molecule has 0 bridgehead atoms. The van der Waals surface area contributed by atoms with Crippen molar-refractivity contribution in [1.82, 2.24) is 25.0 Å². The lowest BCUT2D eigenvalue weighted by Crippen LogP contribution is -2.41. The van der Waals surface area contributed by atoms with Gasteiger partial charge in [0.2, 0.25) is 5.88 Å². The lowest BCUT2D eigenvalue weighted by molar-refractivity contribution is -0.0678. The molecule has 1 saturated heterocycles. The topological polar surface area (TPSA) is 172 Å². The summed E-state index contributed by atoms with van der Waals surface area (Å²) in [6.07, 6.45) is -3.36. The van der Waals surface area contributed by atoms with Crippen LogP contribution in [0.4, 0.5) is 0 Å². The average molecular weight is 772 g/mol. The maximum Gasteiger partial charge on any atom is 0.338 e. The molecule has 290 valence electrons. The molecule has 0 radical (unpaired) electrons. The van der Waals surface area contributed by atoms with Crippen molar-refractivity contribution in [3.63, 3.8) is 0 Å². The highest BCUT2D eigenvalue weighted by Crippen LogP contribution is 2.38. The number of methoxy groups -OCH3 is 3. The molecule has 2 aromatic heterocycles. The maximum atomic E-state index is 13.6. The van der Waals surface area contributed by atoms with Gasteiger partial charge in [-0.25, -0.2) is 29.0 Å². The zero-order valence-corrected chi connectivity index (χ0v) is 31.3. The molecule has 3 heterocycles. The van der Waals surface area contributed by atoms with Crippen molar-refractivity contribution in [2.45, 2.75) is 31.5 Å². The van der Waals surface area contributed by atoms with Gasteiger partial charge in [0.25, 0.3) is 0 Å². The summed E-state index contributed by atoms with van der Waals surface area (Å²) in [6.45, 7) is 1.40. The lowest BCUT2D eigenvalue weighted by Gasteiger charge is -2.24. The summed E-state index contributed by atoms with van der Waals surface area (Å²) in [6, 6.07) is 30.4. The number of benzene rings is 4. The number of esters is 3. The van der Waals surface area contributed by atoms with Gasteiger partial charge in [-0.2, -0.15) is 0 Å². The molecular formula is C42H37N5O10. The van der Waals surface area contributed by atoms with Crippen LogP contribution in [-0.2, 0) is 18.9 Å². The van der Waals surface area contributed by atoms with E-state index in [0.717, 1.165) is 0 Å². The molecule has 0 unspecified atom stereocenters. The number of carbonyl (C=O) groups excluding carboxylic acids is 3.